The van der Waals surface area contributed by atoms with E-state index in [0.717, 1.165) is 0 Å². The van der Waals surface area contributed by atoms with E-state index >= 15 is 0 Å². The second kappa shape index (κ2) is 8.73. The molecule has 0 N–H and O–H groups in total. The van der Waals surface area contributed by atoms with Crippen molar-refractivity contribution in [3.63, 3.8) is 0 Å². The van der Waals surface area contributed by atoms with Crippen LogP contribution in [0.1, 0.15) is 19.3 Å². The third-order valence-corrected chi connectivity index (χ3v) is 1.71. The van der Waals surface area contributed by atoms with Crippen molar-refractivity contribution in [1.82, 2.24) is 0 Å². The summed E-state index contributed by atoms with van der Waals surface area (Å²) in [5.41, 5.74) is 0. The number of carbonyl (C=O) groups excluding carboxylic acids is 2. The van der Waals surface area contributed by atoms with Crippen molar-refractivity contribution < 1.29 is 19.1 Å². The summed E-state index contributed by atoms with van der Waals surface area (Å²) >= 11 is 0. The van der Waals surface area contributed by atoms with Gasteiger partial charge < -0.3 is 9.47 Å². The summed E-state index contributed by atoms with van der Waals surface area (Å²) in [6.07, 6.45) is 3.63. The Hall–Kier alpha value is -1.86. The Morgan fingerprint density at radius 1 is 1.53 bits per heavy atom. The maximum Gasteiger partial charge on any atom is 0.348 e. The van der Waals surface area contributed by atoms with Crippen LogP contribution in [-0.4, -0.2) is 31.8 Å². The lowest BCUT2D eigenvalue weighted by Crippen LogP contribution is -2.24. The molecule has 82 valence electrons. The minimum Gasteiger partial charge on any atom is -0.466 e. The van der Waals surface area contributed by atoms with Gasteiger partial charge in [-0.15, -0.1) is 0 Å². The van der Waals surface area contributed by atoms with E-state index in [2.05, 4.69) is 14.5 Å². The number of hydrogen-bond acceptors (Lipinski definition) is 6. The molecule has 0 radical (unpaired) electrons. The number of ether oxygens (including phenoxy) is 2. The Balaban J connectivity index is 3.81. The topological polar surface area (TPSA) is 88.8 Å². The number of unbranched alkanes of at least 4 members (excludes halogenated alkanes) is 1. The Morgan fingerprint density at radius 2 is 2.27 bits per heavy atom. The molecule has 0 aromatic rings. The molecule has 0 spiro atoms. The lowest BCUT2D eigenvalue weighted by atomic mass is 10.1. The zero-order valence-electron chi connectivity index (χ0n) is 8.43. The van der Waals surface area contributed by atoms with Crippen LogP contribution in [0.5, 0.6) is 0 Å². The molecule has 1 atom stereocenters. The number of nitriles is 1. The number of esters is 1. The van der Waals surface area contributed by atoms with E-state index in [9.17, 15) is 9.59 Å². The summed E-state index contributed by atoms with van der Waals surface area (Å²) in [4.78, 5) is 24.1. The molecular formula is C9H12N2O4. The number of rotatable bonds is 7. The van der Waals surface area contributed by atoms with E-state index in [1.165, 1.54) is 19.4 Å². The first-order chi connectivity index (χ1) is 7.26. The van der Waals surface area contributed by atoms with Crippen LogP contribution < -0.4 is 0 Å². The van der Waals surface area contributed by atoms with Crippen LogP contribution in [0.3, 0.4) is 0 Å². The number of methoxy groups -OCH3 is 1. The van der Waals surface area contributed by atoms with Gasteiger partial charge in [-0.05, 0) is 19.3 Å². The van der Waals surface area contributed by atoms with E-state index in [-0.39, 0.29) is 0 Å². The normalized spacial score (nSPS) is 10.7. The third kappa shape index (κ3) is 6.24. The standard InChI is InChI=1S/C9H12N2O4/c1-14-9(13)8(15-6-10)4-2-3-5-11-7-12/h8H,2-5H2,1H3. The maximum atomic E-state index is 11.0. The quantitative estimate of drug-likeness (QED) is 0.202. The number of hydrogen-bond donors (Lipinski definition) is 0. The Morgan fingerprint density at radius 3 is 2.80 bits per heavy atom. The Bertz CT molecular complexity index is 278. The fraction of sp³-hybridized carbons (Fsp3) is 0.667. The molecule has 0 rings (SSSR count). The number of carbonyl (C=O) groups is 1. The molecule has 0 aromatic heterocycles. The van der Waals surface area contributed by atoms with Gasteiger partial charge in [-0.1, -0.05) is 0 Å². The van der Waals surface area contributed by atoms with E-state index in [1.54, 1.807) is 0 Å². The first-order valence-corrected chi connectivity index (χ1v) is 4.42. The number of isocyanates is 1. The molecule has 15 heavy (non-hydrogen) atoms. The average molecular weight is 212 g/mol. The molecular weight excluding hydrogens is 200 g/mol. The van der Waals surface area contributed by atoms with Gasteiger partial charge in [0.05, 0.1) is 13.7 Å². The minimum atomic E-state index is -0.861. The monoisotopic (exact) mass is 212 g/mol. The summed E-state index contributed by atoms with van der Waals surface area (Å²) in [5.74, 6) is -0.574. The van der Waals surface area contributed by atoms with Crippen molar-refractivity contribution in [3.05, 3.63) is 0 Å². The minimum absolute atomic E-state index is 0.365. The van der Waals surface area contributed by atoms with Gasteiger partial charge in [0.25, 0.3) is 6.26 Å². The summed E-state index contributed by atoms with van der Waals surface area (Å²) in [7, 11) is 1.23. The van der Waals surface area contributed by atoms with E-state index < -0.39 is 12.1 Å². The second-order valence-corrected chi connectivity index (χ2v) is 2.69. The predicted octanol–water partition coefficient (Wildman–Crippen LogP) is 0.532. The fourth-order valence-corrected chi connectivity index (χ4v) is 0.986. The Labute approximate surface area is 87.5 Å². The molecule has 0 aliphatic rings. The van der Waals surface area contributed by atoms with Crippen molar-refractivity contribution in [2.75, 3.05) is 13.7 Å². The van der Waals surface area contributed by atoms with Crippen LogP contribution in [-0.2, 0) is 19.1 Å². The van der Waals surface area contributed by atoms with Gasteiger partial charge in [-0.3, -0.25) is 0 Å². The summed E-state index contributed by atoms with van der Waals surface area (Å²) in [6.45, 7) is 0.365. The summed E-state index contributed by atoms with van der Waals surface area (Å²) < 4.78 is 8.97. The molecule has 6 nitrogen and oxygen atoms in total. The molecule has 1 unspecified atom stereocenters. The van der Waals surface area contributed by atoms with E-state index in [4.69, 9.17) is 5.26 Å². The average Bonchev–Trinajstić information content (AvgIpc) is 2.26. The van der Waals surface area contributed by atoms with Crippen LogP contribution in [0.2, 0.25) is 0 Å². The maximum absolute atomic E-state index is 11.0. The molecule has 0 bridgehead atoms. The van der Waals surface area contributed by atoms with Gasteiger partial charge in [0.15, 0.2) is 0 Å². The lowest BCUT2D eigenvalue weighted by molar-refractivity contribution is -0.150. The van der Waals surface area contributed by atoms with Gasteiger partial charge >= 0.3 is 5.97 Å². The molecule has 0 heterocycles. The van der Waals surface area contributed by atoms with Crippen molar-refractivity contribution in [2.24, 2.45) is 4.99 Å². The molecule has 6 heteroatoms. The van der Waals surface area contributed by atoms with Crippen LogP contribution in [0, 0.1) is 11.5 Å². The molecule has 0 aromatic carbocycles. The van der Waals surface area contributed by atoms with Crippen molar-refractivity contribution in [1.29, 1.82) is 5.26 Å². The first-order valence-electron chi connectivity index (χ1n) is 4.42. The molecule has 0 saturated heterocycles. The molecule has 0 aliphatic carbocycles. The highest BCUT2D eigenvalue weighted by Crippen LogP contribution is 2.06. The van der Waals surface area contributed by atoms with Crippen LogP contribution >= 0.6 is 0 Å². The summed E-state index contributed by atoms with van der Waals surface area (Å²) in [5, 5.41) is 8.27. The number of aliphatic imine (C=N–C) groups is 1. The van der Waals surface area contributed by atoms with E-state index in [0.29, 0.717) is 25.8 Å². The third-order valence-electron chi connectivity index (χ3n) is 1.71. The largest absolute Gasteiger partial charge is 0.466 e. The van der Waals surface area contributed by atoms with Gasteiger partial charge in [0, 0.05) is 0 Å². The Kier molecular flexibility index (Phi) is 7.64. The molecule has 0 amide bonds. The van der Waals surface area contributed by atoms with Crippen molar-refractivity contribution in [3.8, 4) is 6.26 Å². The molecule has 0 aliphatic heterocycles. The zero-order valence-corrected chi connectivity index (χ0v) is 8.43. The molecule has 0 fully saturated rings. The van der Waals surface area contributed by atoms with Crippen LogP contribution in [0.15, 0.2) is 4.99 Å². The fourth-order valence-electron chi connectivity index (χ4n) is 0.986. The number of nitrogens with zero attached hydrogens (tertiary/aromatic N) is 2. The van der Waals surface area contributed by atoms with Crippen LogP contribution in [0.25, 0.3) is 0 Å². The predicted molar refractivity (Wildman–Crippen MR) is 49.3 cm³/mol. The van der Waals surface area contributed by atoms with E-state index in [1.807, 2.05) is 0 Å². The smallest absolute Gasteiger partial charge is 0.348 e. The highest BCUT2D eigenvalue weighted by molar-refractivity contribution is 5.74. The van der Waals surface area contributed by atoms with Crippen molar-refractivity contribution in [2.45, 2.75) is 25.4 Å². The lowest BCUT2D eigenvalue weighted by Gasteiger charge is -2.10. The van der Waals surface area contributed by atoms with Gasteiger partial charge in [0.1, 0.15) is 0 Å². The highest BCUT2D eigenvalue weighted by Gasteiger charge is 2.19. The summed E-state index contributed by atoms with van der Waals surface area (Å²) in [6, 6.07) is 0. The van der Waals surface area contributed by atoms with Gasteiger partial charge in [0.2, 0.25) is 12.2 Å². The first kappa shape index (κ1) is 13.1. The SMILES string of the molecule is COC(=O)C(CCCCN=C=O)OC#N. The van der Waals surface area contributed by atoms with Crippen LogP contribution in [0.4, 0.5) is 0 Å². The zero-order chi connectivity index (χ0) is 11.5. The van der Waals surface area contributed by atoms with Gasteiger partial charge in [-0.25, -0.2) is 14.6 Å². The van der Waals surface area contributed by atoms with Gasteiger partial charge in [-0.2, -0.15) is 5.26 Å². The molecule has 0 saturated carbocycles. The van der Waals surface area contributed by atoms with Crippen molar-refractivity contribution >= 4 is 12.0 Å². The highest BCUT2D eigenvalue weighted by atomic mass is 16.6. The second-order valence-electron chi connectivity index (χ2n) is 2.69.